The standard InChI is InChI=1S/C23H28ClN3O3/c1-25-23(26-13-19-11-20(24)22-21(12-19)29-9-10-30-22)27-8-7-18(14-27)16-28-15-17-5-3-2-4-6-17/h2-6,11-12,18H,7-10,13-16H2,1H3,(H,25,26). The Morgan fingerprint density at radius 3 is 2.87 bits per heavy atom. The van der Waals surface area contributed by atoms with E-state index in [9.17, 15) is 0 Å². The van der Waals surface area contributed by atoms with Gasteiger partial charge in [-0.25, -0.2) is 0 Å². The Bertz CT molecular complexity index is 875. The number of guanidine groups is 1. The average Bonchev–Trinajstić information content (AvgIpc) is 3.24. The first kappa shape index (κ1) is 20.8. The fourth-order valence-corrected chi connectivity index (χ4v) is 4.15. The Labute approximate surface area is 182 Å². The zero-order valence-electron chi connectivity index (χ0n) is 17.3. The maximum Gasteiger partial charge on any atom is 0.193 e. The quantitative estimate of drug-likeness (QED) is 0.560. The van der Waals surface area contributed by atoms with Gasteiger partial charge < -0.3 is 24.4 Å². The van der Waals surface area contributed by atoms with Gasteiger partial charge in [-0.15, -0.1) is 0 Å². The van der Waals surface area contributed by atoms with Crippen molar-refractivity contribution in [2.75, 3.05) is 40.0 Å². The van der Waals surface area contributed by atoms with Crippen LogP contribution in [0, 0.1) is 5.92 Å². The molecule has 2 heterocycles. The van der Waals surface area contributed by atoms with Gasteiger partial charge in [0.1, 0.15) is 13.2 Å². The third kappa shape index (κ3) is 5.18. The summed E-state index contributed by atoms with van der Waals surface area (Å²) in [6, 6.07) is 14.2. The van der Waals surface area contributed by atoms with Crippen LogP contribution in [0.3, 0.4) is 0 Å². The maximum atomic E-state index is 6.35. The van der Waals surface area contributed by atoms with Crippen LogP contribution in [0.5, 0.6) is 11.5 Å². The molecule has 2 aromatic rings. The molecule has 0 aliphatic carbocycles. The number of nitrogens with one attached hydrogen (secondary N) is 1. The summed E-state index contributed by atoms with van der Waals surface area (Å²) in [4.78, 5) is 6.75. The fourth-order valence-electron chi connectivity index (χ4n) is 3.86. The third-order valence-corrected chi connectivity index (χ3v) is 5.65. The number of nitrogens with zero attached hydrogens (tertiary/aromatic N) is 2. The highest BCUT2D eigenvalue weighted by Gasteiger charge is 2.25. The molecular weight excluding hydrogens is 402 g/mol. The lowest BCUT2D eigenvalue weighted by molar-refractivity contribution is 0.0906. The molecule has 4 rings (SSSR count). The van der Waals surface area contributed by atoms with Crippen LogP contribution in [0.2, 0.25) is 5.02 Å². The van der Waals surface area contributed by atoms with E-state index in [1.165, 1.54) is 5.56 Å². The Kier molecular flexibility index (Phi) is 6.97. The van der Waals surface area contributed by atoms with E-state index >= 15 is 0 Å². The van der Waals surface area contributed by atoms with Crippen molar-refractivity contribution in [1.29, 1.82) is 0 Å². The predicted molar refractivity (Wildman–Crippen MR) is 118 cm³/mol. The highest BCUT2D eigenvalue weighted by atomic mass is 35.5. The molecule has 1 N–H and O–H groups in total. The first-order valence-electron chi connectivity index (χ1n) is 10.4. The molecule has 7 heteroatoms. The van der Waals surface area contributed by atoms with Crippen LogP contribution in [0.1, 0.15) is 17.5 Å². The Balaban J connectivity index is 1.26. The van der Waals surface area contributed by atoms with Gasteiger partial charge in [0.25, 0.3) is 0 Å². The van der Waals surface area contributed by atoms with Crippen LogP contribution < -0.4 is 14.8 Å². The normalized spacial score (nSPS) is 18.5. The second-order valence-electron chi connectivity index (χ2n) is 7.60. The van der Waals surface area contributed by atoms with E-state index in [1.54, 1.807) is 0 Å². The second kappa shape index (κ2) is 10.0. The lowest BCUT2D eigenvalue weighted by atomic mass is 10.1. The fraction of sp³-hybridized carbons (Fsp3) is 0.435. The summed E-state index contributed by atoms with van der Waals surface area (Å²) in [5.41, 5.74) is 2.25. The zero-order valence-corrected chi connectivity index (χ0v) is 18.0. The molecule has 1 atom stereocenters. The van der Waals surface area contributed by atoms with Crippen molar-refractivity contribution in [3.63, 3.8) is 0 Å². The molecule has 2 aliphatic heterocycles. The van der Waals surface area contributed by atoms with Crippen molar-refractivity contribution in [2.24, 2.45) is 10.9 Å². The zero-order chi connectivity index (χ0) is 20.8. The summed E-state index contributed by atoms with van der Waals surface area (Å²) < 4.78 is 17.2. The largest absolute Gasteiger partial charge is 0.486 e. The van der Waals surface area contributed by atoms with Crippen molar-refractivity contribution in [1.82, 2.24) is 10.2 Å². The Hall–Kier alpha value is -2.44. The van der Waals surface area contributed by atoms with E-state index in [1.807, 2.05) is 37.4 Å². The summed E-state index contributed by atoms with van der Waals surface area (Å²) in [5.74, 6) is 2.74. The number of hydrogen-bond donors (Lipinski definition) is 1. The topological polar surface area (TPSA) is 55.3 Å². The van der Waals surface area contributed by atoms with Crippen LogP contribution in [0.15, 0.2) is 47.5 Å². The van der Waals surface area contributed by atoms with Gasteiger partial charge in [0.2, 0.25) is 0 Å². The molecule has 1 fully saturated rings. The summed E-state index contributed by atoms with van der Waals surface area (Å²) in [7, 11) is 1.82. The lowest BCUT2D eigenvalue weighted by Crippen LogP contribution is -2.39. The molecule has 0 radical (unpaired) electrons. The number of aliphatic imine (C=N–C) groups is 1. The first-order chi connectivity index (χ1) is 14.7. The van der Waals surface area contributed by atoms with Crippen molar-refractivity contribution in [3.8, 4) is 11.5 Å². The first-order valence-corrected chi connectivity index (χ1v) is 10.8. The molecule has 0 aromatic heterocycles. The van der Waals surface area contributed by atoms with Crippen LogP contribution >= 0.6 is 11.6 Å². The van der Waals surface area contributed by atoms with Gasteiger partial charge in [-0.1, -0.05) is 41.9 Å². The molecule has 160 valence electrons. The molecule has 0 spiro atoms. The second-order valence-corrected chi connectivity index (χ2v) is 8.01. The number of ether oxygens (including phenoxy) is 3. The molecule has 1 unspecified atom stereocenters. The monoisotopic (exact) mass is 429 g/mol. The minimum absolute atomic E-state index is 0.510. The van der Waals surface area contributed by atoms with Crippen molar-refractivity contribution >= 4 is 17.6 Å². The van der Waals surface area contributed by atoms with Gasteiger partial charge in [-0.3, -0.25) is 4.99 Å². The van der Waals surface area contributed by atoms with Crippen LogP contribution in [-0.2, 0) is 17.9 Å². The molecule has 6 nitrogen and oxygen atoms in total. The molecule has 0 amide bonds. The number of hydrogen-bond acceptors (Lipinski definition) is 4. The maximum absolute atomic E-state index is 6.35. The summed E-state index contributed by atoms with van der Waals surface area (Å²) in [6.45, 7) is 5.03. The number of likely N-dealkylation sites (tertiary alicyclic amines) is 1. The SMILES string of the molecule is CN=C(NCc1cc(Cl)c2c(c1)OCCO2)N1CCC(COCc2ccccc2)C1. The van der Waals surface area contributed by atoms with E-state index in [0.29, 0.717) is 48.8 Å². The number of benzene rings is 2. The molecule has 30 heavy (non-hydrogen) atoms. The minimum Gasteiger partial charge on any atom is -0.486 e. The van der Waals surface area contributed by atoms with Crippen molar-refractivity contribution in [2.45, 2.75) is 19.6 Å². The minimum atomic E-state index is 0.510. The molecule has 2 aliphatic rings. The summed E-state index contributed by atoms with van der Waals surface area (Å²) in [6.07, 6.45) is 1.10. The molecule has 0 bridgehead atoms. The van der Waals surface area contributed by atoms with Crippen molar-refractivity contribution in [3.05, 3.63) is 58.6 Å². The van der Waals surface area contributed by atoms with Crippen LogP contribution in [-0.4, -0.2) is 50.8 Å². The highest BCUT2D eigenvalue weighted by molar-refractivity contribution is 6.32. The average molecular weight is 430 g/mol. The summed E-state index contributed by atoms with van der Waals surface area (Å²) >= 11 is 6.35. The highest BCUT2D eigenvalue weighted by Crippen LogP contribution is 2.38. The molecule has 0 saturated carbocycles. The van der Waals surface area contributed by atoms with E-state index in [-0.39, 0.29) is 0 Å². The van der Waals surface area contributed by atoms with Crippen LogP contribution in [0.4, 0.5) is 0 Å². The Morgan fingerprint density at radius 2 is 2.03 bits per heavy atom. The van der Waals surface area contributed by atoms with Crippen LogP contribution in [0.25, 0.3) is 0 Å². The van der Waals surface area contributed by atoms with E-state index in [2.05, 4.69) is 27.3 Å². The summed E-state index contributed by atoms with van der Waals surface area (Å²) in [5, 5.41) is 4.02. The number of rotatable bonds is 6. The predicted octanol–water partition coefficient (Wildman–Crippen LogP) is 3.73. The van der Waals surface area contributed by atoms with E-state index < -0.39 is 0 Å². The van der Waals surface area contributed by atoms with Gasteiger partial charge >= 0.3 is 0 Å². The number of fused-ring (bicyclic) bond motifs is 1. The van der Waals surface area contributed by atoms with Gasteiger partial charge in [-0.2, -0.15) is 0 Å². The lowest BCUT2D eigenvalue weighted by Gasteiger charge is -2.23. The smallest absolute Gasteiger partial charge is 0.193 e. The molecule has 2 aromatic carbocycles. The third-order valence-electron chi connectivity index (χ3n) is 5.37. The van der Waals surface area contributed by atoms with Gasteiger partial charge in [0.05, 0.1) is 18.2 Å². The molecular formula is C23H28ClN3O3. The van der Waals surface area contributed by atoms with E-state index in [0.717, 1.165) is 37.6 Å². The van der Waals surface area contributed by atoms with Gasteiger partial charge in [-0.05, 0) is 29.7 Å². The van der Waals surface area contributed by atoms with Gasteiger partial charge in [0.15, 0.2) is 17.5 Å². The van der Waals surface area contributed by atoms with Crippen molar-refractivity contribution < 1.29 is 14.2 Å². The Morgan fingerprint density at radius 1 is 1.20 bits per heavy atom. The van der Waals surface area contributed by atoms with Gasteiger partial charge in [0, 0.05) is 32.6 Å². The number of halogens is 1. The van der Waals surface area contributed by atoms with E-state index in [4.69, 9.17) is 25.8 Å². The molecule has 1 saturated heterocycles.